The summed E-state index contributed by atoms with van der Waals surface area (Å²) in [5, 5.41) is 3.75. The van der Waals surface area contributed by atoms with Crippen molar-refractivity contribution in [1.29, 1.82) is 0 Å². The predicted molar refractivity (Wildman–Crippen MR) is 90.6 cm³/mol. The van der Waals surface area contributed by atoms with Crippen molar-refractivity contribution in [1.82, 2.24) is 5.32 Å². The second-order valence-electron chi connectivity index (χ2n) is 6.37. The first kappa shape index (κ1) is 13.7. The smallest absolute Gasteiger partial charge is 0.172 e. The maximum Gasteiger partial charge on any atom is 0.172 e. The van der Waals surface area contributed by atoms with Gasteiger partial charge in [-0.3, -0.25) is 0 Å². The van der Waals surface area contributed by atoms with Gasteiger partial charge < -0.3 is 5.32 Å². The van der Waals surface area contributed by atoms with Gasteiger partial charge in [0.25, 0.3) is 0 Å². The topological polar surface area (TPSA) is 15.0 Å². The molecule has 2 atom stereocenters. The van der Waals surface area contributed by atoms with E-state index in [1.165, 1.54) is 29.5 Å². The van der Waals surface area contributed by atoms with Gasteiger partial charge in [-0.1, -0.05) is 48.5 Å². The van der Waals surface area contributed by atoms with Crippen molar-refractivity contribution >= 4 is 6.21 Å². The zero-order valence-corrected chi connectivity index (χ0v) is 12.9. The van der Waals surface area contributed by atoms with Gasteiger partial charge in [0.05, 0.1) is 6.04 Å². The van der Waals surface area contributed by atoms with Crippen LogP contribution in [0.1, 0.15) is 35.6 Å². The van der Waals surface area contributed by atoms with E-state index in [1.54, 1.807) is 0 Å². The Labute approximate surface area is 132 Å². The van der Waals surface area contributed by atoms with Crippen LogP contribution in [0.15, 0.2) is 54.6 Å². The first-order chi connectivity index (χ1) is 10.9. The second-order valence-corrected chi connectivity index (χ2v) is 6.37. The fourth-order valence-corrected chi connectivity index (χ4v) is 3.87. The SMILES string of the molecule is C1=[N+]([C@H]2CCCN[C@H]2c2ccccc2)CCc2ccccc21. The third kappa shape index (κ3) is 2.59. The normalized spacial score (nSPS) is 24.5. The van der Waals surface area contributed by atoms with Gasteiger partial charge in [-0.15, -0.1) is 0 Å². The third-order valence-corrected chi connectivity index (χ3v) is 5.01. The quantitative estimate of drug-likeness (QED) is 0.840. The summed E-state index contributed by atoms with van der Waals surface area (Å²) in [5.41, 5.74) is 4.30. The predicted octanol–water partition coefficient (Wildman–Crippen LogP) is 3.17. The lowest BCUT2D eigenvalue weighted by Crippen LogP contribution is -2.46. The van der Waals surface area contributed by atoms with Crippen molar-refractivity contribution in [2.24, 2.45) is 0 Å². The van der Waals surface area contributed by atoms with E-state index in [1.807, 2.05) is 0 Å². The van der Waals surface area contributed by atoms with E-state index in [9.17, 15) is 0 Å². The summed E-state index contributed by atoms with van der Waals surface area (Å²) in [4.78, 5) is 0. The molecule has 0 unspecified atom stereocenters. The zero-order valence-electron chi connectivity index (χ0n) is 12.9. The van der Waals surface area contributed by atoms with Gasteiger partial charge in [-0.05, 0) is 30.2 Å². The van der Waals surface area contributed by atoms with Gasteiger partial charge >= 0.3 is 0 Å². The van der Waals surface area contributed by atoms with Gasteiger partial charge in [0.1, 0.15) is 6.54 Å². The van der Waals surface area contributed by atoms with Gasteiger partial charge in [0.2, 0.25) is 0 Å². The molecule has 1 saturated heterocycles. The molecule has 2 aromatic rings. The average molecular weight is 291 g/mol. The average Bonchev–Trinajstić information content (AvgIpc) is 2.62. The highest BCUT2D eigenvalue weighted by Gasteiger charge is 2.35. The van der Waals surface area contributed by atoms with Gasteiger partial charge in [0, 0.05) is 18.4 Å². The molecule has 0 aliphatic carbocycles. The van der Waals surface area contributed by atoms with Crippen LogP contribution in [0.25, 0.3) is 0 Å². The highest BCUT2D eigenvalue weighted by Crippen LogP contribution is 2.27. The number of hydrogen-bond donors (Lipinski definition) is 1. The van der Waals surface area contributed by atoms with E-state index in [-0.39, 0.29) is 0 Å². The van der Waals surface area contributed by atoms with Crippen molar-refractivity contribution < 1.29 is 4.58 Å². The summed E-state index contributed by atoms with van der Waals surface area (Å²) in [6.45, 7) is 2.26. The highest BCUT2D eigenvalue weighted by atomic mass is 15.1. The highest BCUT2D eigenvalue weighted by molar-refractivity contribution is 5.78. The fourth-order valence-electron chi connectivity index (χ4n) is 3.87. The van der Waals surface area contributed by atoms with Crippen molar-refractivity contribution in [3.8, 4) is 0 Å². The van der Waals surface area contributed by atoms with Crippen molar-refractivity contribution in [2.45, 2.75) is 31.3 Å². The Morgan fingerprint density at radius 1 is 0.955 bits per heavy atom. The van der Waals surface area contributed by atoms with Gasteiger partial charge in [-0.25, -0.2) is 4.58 Å². The van der Waals surface area contributed by atoms with Crippen molar-refractivity contribution in [3.63, 3.8) is 0 Å². The monoisotopic (exact) mass is 291 g/mol. The lowest BCUT2D eigenvalue weighted by molar-refractivity contribution is -0.570. The van der Waals surface area contributed by atoms with Crippen LogP contribution >= 0.6 is 0 Å². The Morgan fingerprint density at radius 2 is 1.77 bits per heavy atom. The Bertz CT molecular complexity index is 675. The van der Waals surface area contributed by atoms with Crippen LogP contribution in [0.4, 0.5) is 0 Å². The number of nitrogens with zero attached hydrogens (tertiary/aromatic N) is 1. The van der Waals surface area contributed by atoms with Crippen LogP contribution in [-0.2, 0) is 6.42 Å². The molecular weight excluding hydrogens is 268 g/mol. The summed E-state index contributed by atoms with van der Waals surface area (Å²) in [5.74, 6) is 0. The van der Waals surface area contributed by atoms with E-state index in [0.717, 1.165) is 19.5 Å². The molecule has 4 rings (SSSR count). The first-order valence-electron chi connectivity index (χ1n) is 8.39. The summed E-state index contributed by atoms with van der Waals surface area (Å²) in [6.07, 6.45) is 6.07. The summed E-state index contributed by atoms with van der Waals surface area (Å²) in [6, 6.07) is 20.7. The number of benzene rings is 2. The van der Waals surface area contributed by atoms with Crippen molar-refractivity contribution in [2.75, 3.05) is 13.1 Å². The molecule has 1 fully saturated rings. The Morgan fingerprint density at radius 3 is 2.68 bits per heavy atom. The van der Waals surface area contributed by atoms with Crippen LogP contribution in [0.3, 0.4) is 0 Å². The molecule has 2 aliphatic rings. The van der Waals surface area contributed by atoms with Crippen LogP contribution in [-0.4, -0.2) is 29.9 Å². The molecule has 0 radical (unpaired) electrons. The maximum atomic E-state index is 3.75. The van der Waals surface area contributed by atoms with Crippen LogP contribution in [0.2, 0.25) is 0 Å². The van der Waals surface area contributed by atoms with E-state index >= 15 is 0 Å². The van der Waals surface area contributed by atoms with Crippen LogP contribution < -0.4 is 5.32 Å². The van der Waals surface area contributed by atoms with E-state index in [0.29, 0.717) is 12.1 Å². The van der Waals surface area contributed by atoms with Gasteiger partial charge in [-0.2, -0.15) is 0 Å². The molecule has 2 heteroatoms. The molecule has 0 spiro atoms. The minimum atomic E-state index is 0.441. The molecule has 2 aliphatic heterocycles. The van der Waals surface area contributed by atoms with E-state index < -0.39 is 0 Å². The molecule has 2 nitrogen and oxygen atoms in total. The van der Waals surface area contributed by atoms with Crippen molar-refractivity contribution in [3.05, 3.63) is 71.3 Å². The molecule has 2 heterocycles. The van der Waals surface area contributed by atoms with Gasteiger partial charge in [0.15, 0.2) is 12.3 Å². The Hall–Kier alpha value is -1.93. The Balaban J connectivity index is 1.67. The Kier molecular flexibility index (Phi) is 3.77. The van der Waals surface area contributed by atoms with E-state index in [2.05, 4.69) is 70.7 Å². The molecule has 2 aromatic carbocycles. The second kappa shape index (κ2) is 6.05. The lowest BCUT2D eigenvalue weighted by Gasteiger charge is -2.32. The number of nitrogens with one attached hydrogen (secondary N) is 1. The lowest BCUT2D eigenvalue weighted by atomic mass is 9.90. The van der Waals surface area contributed by atoms with Crippen LogP contribution in [0, 0.1) is 0 Å². The number of rotatable bonds is 2. The largest absolute Gasteiger partial charge is 0.304 e. The fraction of sp³-hybridized carbons (Fsp3) is 0.350. The standard InChI is InChI=1S/C20H23N2/c1-2-8-17(9-3-1)20-19(11-6-13-21-20)22-14-12-16-7-4-5-10-18(16)15-22/h1-5,7-10,15,19-21H,6,11-14H2/q+1/t19-,20-/m0/s1. The number of hydrogen-bond acceptors (Lipinski definition) is 1. The molecule has 22 heavy (non-hydrogen) atoms. The first-order valence-corrected chi connectivity index (χ1v) is 8.39. The third-order valence-electron chi connectivity index (χ3n) is 5.01. The summed E-state index contributed by atoms with van der Waals surface area (Å²) in [7, 11) is 0. The molecule has 0 amide bonds. The summed E-state index contributed by atoms with van der Waals surface area (Å²) < 4.78 is 2.58. The maximum absolute atomic E-state index is 3.75. The number of fused-ring (bicyclic) bond motifs is 1. The van der Waals surface area contributed by atoms with Crippen LogP contribution in [0.5, 0.6) is 0 Å². The molecule has 1 N–H and O–H groups in total. The molecule has 0 saturated carbocycles. The minimum absolute atomic E-state index is 0.441. The summed E-state index contributed by atoms with van der Waals surface area (Å²) >= 11 is 0. The molecule has 0 bridgehead atoms. The zero-order chi connectivity index (χ0) is 14.8. The van der Waals surface area contributed by atoms with E-state index in [4.69, 9.17) is 0 Å². The minimum Gasteiger partial charge on any atom is -0.304 e. The molecule has 0 aromatic heterocycles. The molecule has 112 valence electrons. The number of piperidine rings is 1. The molecular formula is C20H23N2+.